The lowest BCUT2D eigenvalue weighted by Gasteiger charge is -2.38. The van der Waals surface area contributed by atoms with Crippen molar-refractivity contribution in [2.75, 3.05) is 25.1 Å². The molecule has 0 aliphatic carbocycles. The number of halogens is 1. The van der Waals surface area contributed by atoms with Crippen molar-refractivity contribution in [2.24, 2.45) is 0 Å². The van der Waals surface area contributed by atoms with Gasteiger partial charge in [-0.15, -0.1) is 0 Å². The second-order valence-electron chi connectivity index (χ2n) is 7.87. The van der Waals surface area contributed by atoms with E-state index in [0.717, 1.165) is 48.9 Å². The van der Waals surface area contributed by atoms with Crippen molar-refractivity contribution in [2.45, 2.75) is 25.4 Å². The molecule has 160 valence electrons. The minimum atomic E-state index is 0.0324. The third-order valence-electron chi connectivity index (χ3n) is 5.83. The zero-order valence-electron chi connectivity index (χ0n) is 17.7. The third-order valence-corrected chi connectivity index (χ3v) is 6.08. The van der Waals surface area contributed by atoms with Crippen molar-refractivity contribution in [1.82, 2.24) is 4.90 Å². The maximum absolute atomic E-state index is 13.5. The predicted octanol–water partition coefficient (Wildman–Crippen LogP) is 5.66. The number of hydrogen-bond donors (Lipinski definition) is 0. The molecule has 3 aromatic rings. The molecule has 0 unspecified atom stereocenters. The highest BCUT2D eigenvalue weighted by Gasteiger charge is 2.29. The van der Waals surface area contributed by atoms with E-state index in [2.05, 4.69) is 17.0 Å². The number of ether oxygens (including phenoxy) is 1. The molecule has 3 aromatic carbocycles. The summed E-state index contributed by atoms with van der Waals surface area (Å²) in [6.45, 7) is 2.81. The molecule has 1 aliphatic rings. The van der Waals surface area contributed by atoms with Crippen LogP contribution >= 0.6 is 11.6 Å². The first kappa shape index (κ1) is 21.4. The van der Waals surface area contributed by atoms with Crippen LogP contribution in [0.5, 0.6) is 5.75 Å². The number of methoxy groups -OCH3 is 1. The van der Waals surface area contributed by atoms with Crippen molar-refractivity contribution in [3.05, 3.63) is 95.0 Å². The molecule has 1 fully saturated rings. The van der Waals surface area contributed by atoms with Crippen LogP contribution in [0.15, 0.2) is 78.9 Å². The first-order valence-electron chi connectivity index (χ1n) is 10.6. The Kier molecular flexibility index (Phi) is 6.90. The maximum atomic E-state index is 13.5. The molecular formula is C26H27ClN2O2. The summed E-state index contributed by atoms with van der Waals surface area (Å²) in [5.74, 6) is 0.781. The van der Waals surface area contributed by atoms with Gasteiger partial charge in [-0.3, -0.25) is 9.69 Å². The van der Waals surface area contributed by atoms with Gasteiger partial charge < -0.3 is 9.64 Å². The second-order valence-corrected chi connectivity index (χ2v) is 8.31. The fourth-order valence-electron chi connectivity index (χ4n) is 4.14. The van der Waals surface area contributed by atoms with Gasteiger partial charge in [-0.05, 0) is 66.9 Å². The minimum absolute atomic E-state index is 0.0324. The molecule has 0 radical (unpaired) electrons. The number of carbonyl (C=O) groups excluding carboxylic acids is 1. The molecule has 0 aromatic heterocycles. The van der Waals surface area contributed by atoms with Crippen molar-refractivity contribution >= 4 is 23.2 Å². The Morgan fingerprint density at radius 1 is 0.968 bits per heavy atom. The van der Waals surface area contributed by atoms with Crippen LogP contribution in [-0.4, -0.2) is 37.0 Å². The first-order chi connectivity index (χ1) is 15.1. The molecule has 1 saturated heterocycles. The van der Waals surface area contributed by atoms with Gasteiger partial charge in [0, 0.05) is 41.9 Å². The number of hydrogen-bond acceptors (Lipinski definition) is 3. The number of benzene rings is 3. The number of piperidine rings is 1. The van der Waals surface area contributed by atoms with Crippen LogP contribution in [0, 0.1) is 0 Å². The van der Waals surface area contributed by atoms with Crippen molar-refractivity contribution < 1.29 is 9.53 Å². The highest BCUT2D eigenvalue weighted by atomic mass is 35.5. The number of para-hydroxylation sites is 1. The molecule has 0 atom stereocenters. The summed E-state index contributed by atoms with van der Waals surface area (Å²) in [6.07, 6.45) is 1.87. The van der Waals surface area contributed by atoms with E-state index in [4.69, 9.17) is 16.3 Å². The van der Waals surface area contributed by atoms with E-state index in [0.29, 0.717) is 5.56 Å². The molecule has 1 aliphatic heterocycles. The van der Waals surface area contributed by atoms with Crippen molar-refractivity contribution in [1.29, 1.82) is 0 Å². The summed E-state index contributed by atoms with van der Waals surface area (Å²) in [7, 11) is 1.63. The SMILES string of the molecule is COc1ccc(C(=O)N(c2ccccc2)C2CCN(Cc3ccc(Cl)cc3)CC2)cc1. The zero-order valence-corrected chi connectivity index (χ0v) is 18.5. The summed E-state index contributed by atoms with van der Waals surface area (Å²) < 4.78 is 5.24. The van der Waals surface area contributed by atoms with Gasteiger partial charge in [-0.2, -0.15) is 0 Å². The van der Waals surface area contributed by atoms with Gasteiger partial charge in [0.2, 0.25) is 0 Å². The van der Waals surface area contributed by atoms with E-state index in [9.17, 15) is 4.79 Å². The molecule has 1 amide bonds. The summed E-state index contributed by atoms with van der Waals surface area (Å²) in [4.78, 5) is 17.9. The molecule has 0 bridgehead atoms. The van der Waals surface area contributed by atoms with Gasteiger partial charge in [-0.1, -0.05) is 41.9 Å². The van der Waals surface area contributed by atoms with E-state index in [1.54, 1.807) is 7.11 Å². The largest absolute Gasteiger partial charge is 0.497 e. The van der Waals surface area contributed by atoms with E-state index in [1.807, 2.05) is 71.6 Å². The van der Waals surface area contributed by atoms with Crippen LogP contribution in [0.1, 0.15) is 28.8 Å². The van der Waals surface area contributed by atoms with Gasteiger partial charge in [0.15, 0.2) is 0 Å². The molecule has 0 N–H and O–H groups in total. The first-order valence-corrected chi connectivity index (χ1v) is 11.0. The fraction of sp³-hybridized carbons (Fsp3) is 0.269. The van der Waals surface area contributed by atoms with Gasteiger partial charge in [0.1, 0.15) is 5.75 Å². The Labute approximate surface area is 189 Å². The predicted molar refractivity (Wildman–Crippen MR) is 126 cm³/mol. The van der Waals surface area contributed by atoms with Crippen molar-refractivity contribution in [3.8, 4) is 5.75 Å². The lowest BCUT2D eigenvalue weighted by atomic mass is 10.00. The van der Waals surface area contributed by atoms with Crippen LogP contribution in [0.4, 0.5) is 5.69 Å². The summed E-state index contributed by atoms with van der Waals surface area (Å²) in [5, 5.41) is 0.762. The quantitative estimate of drug-likeness (QED) is 0.501. The van der Waals surface area contributed by atoms with E-state index in [-0.39, 0.29) is 11.9 Å². The van der Waals surface area contributed by atoms with Gasteiger partial charge in [0.05, 0.1) is 7.11 Å². The van der Waals surface area contributed by atoms with Crippen LogP contribution in [0.3, 0.4) is 0 Å². The van der Waals surface area contributed by atoms with Gasteiger partial charge in [0.25, 0.3) is 5.91 Å². The van der Waals surface area contributed by atoms with Crippen LogP contribution in [-0.2, 0) is 6.54 Å². The number of carbonyl (C=O) groups is 1. The fourth-order valence-corrected chi connectivity index (χ4v) is 4.26. The molecule has 0 spiro atoms. The Bertz CT molecular complexity index is 982. The van der Waals surface area contributed by atoms with Gasteiger partial charge >= 0.3 is 0 Å². The van der Waals surface area contributed by atoms with Gasteiger partial charge in [-0.25, -0.2) is 0 Å². The summed E-state index contributed by atoms with van der Waals surface area (Å²) >= 11 is 6.01. The topological polar surface area (TPSA) is 32.8 Å². The highest BCUT2D eigenvalue weighted by molar-refractivity contribution is 6.30. The Morgan fingerprint density at radius 2 is 1.61 bits per heavy atom. The lowest BCUT2D eigenvalue weighted by molar-refractivity contribution is 0.0958. The summed E-state index contributed by atoms with van der Waals surface area (Å²) in [5.41, 5.74) is 2.88. The number of nitrogens with zero attached hydrogens (tertiary/aromatic N) is 2. The summed E-state index contributed by atoms with van der Waals surface area (Å²) in [6, 6.07) is 25.5. The van der Waals surface area contributed by atoms with E-state index >= 15 is 0 Å². The standard InChI is InChI=1S/C26H27ClN2O2/c1-31-25-13-9-21(10-14-25)26(30)29(23-5-3-2-4-6-23)24-15-17-28(18-16-24)19-20-7-11-22(27)12-8-20/h2-14,24H,15-19H2,1H3. The lowest BCUT2D eigenvalue weighted by Crippen LogP contribution is -2.47. The molecule has 4 nitrogen and oxygen atoms in total. The third kappa shape index (κ3) is 5.27. The smallest absolute Gasteiger partial charge is 0.258 e. The van der Waals surface area contributed by atoms with E-state index in [1.165, 1.54) is 5.56 Å². The Hall–Kier alpha value is -2.82. The number of likely N-dealkylation sites (tertiary alicyclic amines) is 1. The zero-order chi connectivity index (χ0) is 21.6. The number of rotatable bonds is 6. The Balaban J connectivity index is 1.48. The molecular weight excluding hydrogens is 408 g/mol. The van der Waals surface area contributed by atoms with Crippen molar-refractivity contribution in [3.63, 3.8) is 0 Å². The van der Waals surface area contributed by atoms with E-state index < -0.39 is 0 Å². The maximum Gasteiger partial charge on any atom is 0.258 e. The Morgan fingerprint density at radius 3 is 2.23 bits per heavy atom. The van der Waals surface area contributed by atoms with Crippen LogP contribution < -0.4 is 9.64 Å². The molecule has 4 rings (SSSR count). The number of anilines is 1. The van der Waals surface area contributed by atoms with Crippen LogP contribution in [0.2, 0.25) is 5.02 Å². The second kappa shape index (κ2) is 9.99. The van der Waals surface area contributed by atoms with Crippen LogP contribution in [0.25, 0.3) is 0 Å². The molecule has 0 saturated carbocycles. The average Bonchev–Trinajstić information content (AvgIpc) is 2.82. The average molecular weight is 435 g/mol. The molecule has 1 heterocycles. The highest BCUT2D eigenvalue weighted by Crippen LogP contribution is 2.27. The minimum Gasteiger partial charge on any atom is -0.497 e. The number of amides is 1. The monoisotopic (exact) mass is 434 g/mol. The molecule has 5 heteroatoms. The molecule has 31 heavy (non-hydrogen) atoms. The normalized spacial score (nSPS) is 14.9.